The number of allylic oxidation sites excluding steroid dienone is 4. The highest BCUT2D eigenvalue weighted by molar-refractivity contribution is 5.76. The van der Waals surface area contributed by atoms with Gasteiger partial charge in [0.2, 0.25) is 0 Å². The zero-order valence-corrected chi connectivity index (χ0v) is 10.1. The van der Waals surface area contributed by atoms with Crippen LogP contribution in [0.2, 0.25) is 0 Å². The van der Waals surface area contributed by atoms with Crippen LogP contribution in [0.3, 0.4) is 0 Å². The van der Waals surface area contributed by atoms with Gasteiger partial charge in [-0.05, 0) is 29.0 Å². The van der Waals surface area contributed by atoms with Crippen LogP contribution in [0.25, 0.3) is 5.57 Å². The van der Waals surface area contributed by atoms with E-state index in [0.717, 1.165) is 12.0 Å². The maximum absolute atomic E-state index is 9.80. The van der Waals surface area contributed by atoms with E-state index >= 15 is 0 Å². The molecular formula is C15H18O. The molecule has 1 aromatic rings. The summed E-state index contributed by atoms with van der Waals surface area (Å²) in [5.74, 6) is 0.373. The maximum Gasteiger partial charge on any atom is 0.123 e. The number of phenolic OH excluding ortho intramolecular Hbond substituents is 1. The Morgan fingerprint density at radius 2 is 1.81 bits per heavy atom. The summed E-state index contributed by atoms with van der Waals surface area (Å²) in [7, 11) is 0. The van der Waals surface area contributed by atoms with E-state index in [1.807, 2.05) is 18.2 Å². The average molecular weight is 214 g/mol. The third-order valence-corrected chi connectivity index (χ3v) is 2.99. The fraction of sp³-hybridized carbons (Fsp3) is 0.333. The second-order valence-electron chi connectivity index (χ2n) is 5.30. The topological polar surface area (TPSA) is 20.2 Å². The molecule has 1 aliphatic rings. The number of benzene rings is 1. The number of para-hydroxylation sites is 1. The number of phenols is 1. The van der Waals surface area contributed by atoms with E-state index < -0.39 is 0 Å². The van der Waals surface area contributed by atoms with Crippen molar-refractivity contribution in [2.24, 2.45) is 5.41 Å². The Morgan fingerprint density at radius 1 is 1.12 bits per heavy atom. The highest BCUT2D eigenvalue weighted by Gasteiger charge is 2.20. The molecule has 0 saturated carbocycles. The SMILES string of the molecule is CC(C)(C)C1=CCC(c2ccccc2O)=C1. The van der Waals surface area contributed by atoms with E-state index in [1.54, 1.807) is 6.07 Å². The van der Waals surface area contributed by atoms with Crippen LogP contribution in [0.1, 0.15) is 32.8 Å². The maximum atomic E-state index is 9.80. The molecule has 1 N–H and O–H groups in total. The first-order chi connectivity index (χ1) is 7.48. The van der Waals surface area contributed by atoms with Crippen molar-refractivity contribution in [1.29, 1.82) is 0 Å². The standard InChI is InChI=1S/C15H18O/c1-15(2,3)12-9-8-11(10-12)13-6-4-5-7-14(13)16/h4-7,9-10,16H,8H2,1-3H3. The van der Waals surface area contributed by atoms with Crippen molar-refractivity contribution in [2.45, 2.75) is 27.2 Å². The van der Waals surface area contributed by atoms with Crippen LogP contribution < -0.4 is 0 Å². The summed E-state index contributed by atoms with van der Waals surface area (Å²) in [6, 6.07) is 7.53. The van der Waals surface area contributed by atoms with Crippen LogP contribution in [0, 0.1) is 5.41 Å². The molecule has 2 rings (SSSR count). The van der Waals surface area contributed by atoms with E-state index in [0.29, 0.717) is 5.75 Å². The first kappa shape index (κ1) is 11.0. The molecule has 0 bridgehead atoms. The van der Waals surface area contributed by atoms with Gasteiger partial charge in [0.15, 0.2) is 0 Å². The van der Waals surface area contributed by atoms with Crippen LogP contribution >= 0.6 is 0 Å². The predicted molar refractivity (Wildman–Crippen MR) is 68.2 cm³/mol. The van der Waals surface area contributed by atoms with Crippen molar-refractivity contribution >= 4 is 5.57 Å². The highest BCUT2D eigenvalue weighted by Crippen LogP contribution is 2.38. The molecule has 0 aromatic heterocycles. The van der Waals surface area contributed by atoms with Crippen molar-refractivity contribution in [3.8, 4) is 5.75 Å². The number of hydrogen-bond donors (Lipinski definition) is 1. The minimum atomic E-state index is 0.187. The van der Waals surface area contributed by atoms with Gasteiger partial charge < -0.3 is 5.11 Å². The number of rotatable bonds is 1. The molecule has 0 atom stereocenters. The van der Waals surface area contributed by atoms with Gasteiger partial charge in [0.1, 0.15) is 5.75 Å². The first-order valence-corrected chi connectivity index (χ1v) is 5.68. The second kappa shape index (κ2) is 3.82. The number of aromatic hydroxyl groups is 1. The van der Waals surface area contributed by atoms with Gasteiger partial charge in [0.05, 0.1) is 0 Å². The molecule has 0 radical (unpaired) electrons. The summed E-state index contributed by atoms with van der Waals surface area (Å²) < 4.78 is 0. The summed E-state index contributed by atoms with van der Waals surface area (Å²) in [4.78, 5) is 0. The van der Waals surface area contributed by atoms with E-state index in [4.69, 9.17) is 0 Å². The van der Waals surface area contributed by atoms with Gasteiger partial charge in [-0.2, -0.15) is 0 Å². The molecule has 0 heterocycles. The van der Waals surface area contributed by atoms with Gasteiger partial charge in [0, 0.05) is 5.56 Å². The van der Waals surface area contributed by atoms with Crippen LogP contribution in [0.4, 0.5) is 0 Å². The molecule has 0 amide bonds. The molecule has 0 unspecified atom stereocenters. The average Bonchev–Trinajstić information content (AvgIpc) is 2.66. The normalized spacial score (nSPS) is 15.9. The molecule has 1 heteroatoms. The predicted octanol–water partition coefficient (Wildman–Crippen LogP) is 4.15. The van der Waals surface area contributed by atoms with Gasteiger partial charge in [-0.3, -0.25) is 0 Å². The molecule has 0 aliphatic heterocycles. The quantitative estimate of drug-likeness (QED) is 0.744. The molecule has 84 valence electrons. The summed E-state index contributed by atoms with van der Waals surface area (Å²) in [5.41, 5.74) is 3.71. The largest absolute Gasteiger partial charge is 0.507 e. The monoisotopic (exact) mass is 214 g/mol. The summed E-state index contributed by atoms with van der Waals surface area (Å²) in [5, 5.41) is 9.80. The summed E-state index contributed by atoms with van der Waals surface area (Å²) >= 11 is 0. The third-order valence-electron chi connectivity index (χ3n) is 2.99. The Hall–Kier alpha value is -1.50. The van der Waals surface area contributed by atoms with Gasteiger partial charge in [-0.15, -0.1) is 0 Å². The lowest BCUT2D eigenvalue weighted by Crippen LogP contribution is -2.05. The molecule has 1 aromatic carbocycles. The fourth-order valence-corrected chi connectivity index (χ4v) is 1.98. The molecule has 16 heavy (non-hydrogen) atoms. The van der Waals surface area contributed by atoms with Gasteiger partial charge in [-0.25, -0.2) is 0 Å². The van der Waals surface area contributed by atoms with Crippen molar-refractivity contribution < 1.29 is 5.11 Å². The summed E-state index contributed by atoms with van der Waals surface area (Å²) in [6.07, 6.45) is 5.38. The Labute approximate surface area is 97.1 Å². The lowest BCUT2D eigenvalue weighted by molar-refractivity contribution is 0.473. The van der Waals surface area contributed by atoms with Gasteiger partial charge in [-0.1, -0.05) is 51.1 Å². The Kier molecular flexibility index (Phi) is 2.63. The van der Waals surface area contributed by atoms with Gasteiger partial charge >= 0.3 is 0 Å². The molecular weight excluding hydrogens is 196 g/mol. The Bertz CT molecular complexity index is 459. The smallest absolute Gasteiger partial charge is 0.123 e. The second-order valence-corrected chi connectivity index (χ2v) is 5.30. The minimum Gasteiger partial charge on any atom is -0.507 e. The molecule has 1 aliphatic carbocycles. The zero-order valence-electron chi connectivity index (χ0n) is 10.1. The molecule has 1 nitrogen and oxygen atoms in total. The molecule has 0 saturated heterocycles. The van der Waals surface area contributed by atoms with Crippen LogP contribution in [-0.4, -0.2) is 5.11 Å². The van der Waals surface area contributed by atoms with Gasteiger partial charge in [0.25, 0.3) is 0 Å². The zero-order chi connectivity index (χ0) is 11.8. The number of hydrogen-bond acceptors (Lipinski definition) is 1. The van der Waals surface area contributed by atoms with E-state index in [2.05, 4.69) is 32.9 Å². The Balaban J connectivity index is 2.32. The Morgan fingerprint density at radius 3 is 2.38 bits per heavy atom. The lowest BCUT2D eigenvalue weighted by atomic mass is 9.87. The third kappa shape index (κ3) is 2.04. The van der Waals surface area contributed by atoms with E-state index in [9.17, 15) is 5.11 Å². The molecule has 0 fully saturated rings. The first-order valence-electron chi connectivity index (χ1n) is 5.68. The van der Waals surface area contributed by atoms with Crippen molar-refractivity contribution in [3.63, 3.8) is 0 Å². The van der Waals surface area contributed by atoms with Crippen LogP contribution in [0.15, 0.2) is 42.0 Å². The van der Waals surface area contributed by atoms with E-state index in [1.165, 1.54) is 11.1 Å². The van der Waals surface area contributed by atoms with Crippen molar-refractivity contribution in [2.75, 3.05) is 0 Å². The summed E-state index contributed by atoms with van der Waals surface area (Å²) in [6.45, 7) is 6.63. The van der Waals surface area contributed by atoms with Crippen molar-refractivity contribution in [1.82, 2.24) is 0 Å². The van der Waals surface area contributed by atoms with E-state index in [-0.39, 0.29) is 5.41 Å². The fourth-order valence-electron chi connectivity index (χ4n) is 1.98. The van der Waals surface area contributed by atoms with Crippen molar-refractivity contribution in [3.05, 3.63) is 47.6 Å². The molecule has 0 spiro atoms. The highest BCUT2D eigenvalue weighted by atomic mass is 16.3. The van der Waals surface area contributed by atoms with Crippen LogP contribution in [-0.2, 0) is 0 Å². The lowest BCUT2D eigenvalue weighted by Gasteiger charge is -2.18. The van der Waals surface area contributed by atoms with Crippen LogP contribution in [0.5, 0.6) is 5.75 Å². The minimum absolute atomic E-state index is 0.187.